The number of nitrogens with zero attached hydrogens (tertiary/aromatic N) is 1. The van der Waals surface area contributed by atoms with Crippen molar-refractivity contribution in [2.24, 2.45) is 0 Å². The second kappa shape index (κ2) is 7.71. The van der Waals surface area contributed by atoms with Crippen LogP contribution in [0.2, 0.25) is 0 Å². The number of furan rings is 1. The van der Waals surface area contributed by atoms with Crippen molar-refractivity contribution in [2.45, 2.75) is 13.3 Å². The van der Waals surface area contributed by atoms with Gasteiger partial charge in [-0.05, 0) is 54.0 Å². The molecule has 0 bridgehead atoms. The summed E-state index contributed by atoms with van der Waals surface area (Å²) in [6, 6.07) is 16.7. The summed E-state index contributed by atoms with van der Waals surface area (Å²) in [6.45, 7) is 2.03. The Morgan fingerprint density at radius 3 is 2.57 bits per heavy atom. The lowest BCUT2D eigenvalue weighted by Crippen LogP contribution is -2.35. The summed E-state index contributed by atoms with van der Waals surface area (Å²) in [5, 5.41) is 12.2. The molecule has 1 aliphatic heterocycles. The number of carbonyl (C=O) groups excluding carboxylic acids is 3. The zero-order valence-electron chi connectivity index (χ0n) is 16.0. The molecule has 2 heterocycles. The molecule has 1 saturated heterocycles. The van der Waals surface area contributed by atoms with Gasteiger partial charge in [0.25, 0.3) is 11.8 Å². The van der Waals surface area contributed by atoms with Gasteiger partial charge in [-0.1, -0.05) is 37.3 Å². The molecule has 150 valence electrons. The SMILES string of the molecule is CCc1ccc(N2NC(=O)/C(=C/c3ccc(-c4cccc(C(=O)[O-])c4)o3)C2=O)cc1. The summed E-state index contributed by atoms with van der Waals surface area (Å²) in [5.41, 5.74) is 4.75. The van der Waals surface area contributed by atoms with Crippen molar-refractivity contribution in [3.05, 3.63) is 83.1 Å². The monoisotopic (exact) mass is 401 g/mol. The van der Waals surface area contributed by atoms with Crippen LogP contribution in [-0.2, 0) is 16.0 Å². The maximum atomic E-state index is 12.7. The fourth-order valence-corrected chi connectivity index (χ4v) is 3.15. The third kappa shape index (κ3) is 3.60. The van der Waals surface area contributed by atoms with E-state index in [0.717, 1.165) is 12.0 Å². The second-order valence-corrected chi connectivity index (χ2v) is 6.73. The van der Waals surface area contributed by atoms with E-state index in [1.165, 1.54) is 23.2 Å². The predicted octanol–water partition coefficient (Wildman–Crippen LogP) is 2.33. The minimum atomic E-state index is -1.29. The minimum Gasteiger partial charge on any atom is -0.545 e. The van der Waals surface area contributed by atoms with E-state index in [2.05, 4.69) is 5.43 Å². The van der Waals surface area contributed by atoms with Crippen LogP contribution < -0.4 is 15.5 Å². The molecular weight excluding hydrogens is 384 g/mol. The summed E-state index contributed by atoms with van der Waals surface area (Å²) in [5.74, 6) is -1.60. The molecule has 0 atom stereocenters. The number of aromatic carboxylic acids is 1. The number of anilines is 1. The molecule has 0 unspecified atom stereocenters. The van der Waals surface area contributed by atoms with Gasteiger partial charge >= 0.3 is 0 Å². The topological polar surface area (TPSA) is 103 Å². The van der Waals surface area contributed by atoms with Crippen LogP contribution in [-0.4, -0.2) is 17.8 Å². The van der Waals surface area contributed by atoms with E-state index in [4.69, 9.17) is 4.42 Å². The summed E-state index contributed by atoms with van der Waals surface area (Å²) >= 11 is 0. The average Bonchev–Trinajstić information content (AvgIpc) is 3.34. The van der Waals surface area contributed by atoms with Crippen LogP contribution in [0.3, 0.4) is 0 Å². The highest BCUT2D eigenvalue weighted by atomic mass is 16.4. The highest BCUT2D eigenvalue weighted by Gasteiger charge is 2.34. The number of rotatable bonds is 5. The number of hydrogen-bond acceptors (Lipinski definition) is 5. The first-order valence-electron chi connectivity index (χ1n) is 9.34. The first kappa shape index (κ1) is 19.2. The zero-order valence-corrected chi connectivity index (χ0v) is 16.0. The molecule has 30 heavy (non-hydrogen) atoms. The molecule has 2 aromatic carbocycles. The van der Waals surface area contributed by atoms with Gasteiger partial charge in [-0.25, -0.2) is 5.01 Å². The maximum absolute atomic E-state index is 12.7. The van der Waals surface area contributed by atoms with Crippen LogP contribution in [0, 0.1) is 0 Å². The van der Waals surface area contributed by atoms with Gasteiger partial charge in [0.2, 0.25) is 0 Å². The van der Waals surface area contributed by atoms with E-state index >= 15 is 0 Å². The Bertz CT molecular complexity index is 1170. The van der Waals surface area contributed by atoms with E-state index in [1.807, 2.05) is 19.1 Å². The van der Waals surface area contributed by atoms with Crippen molar-refractivity contribution in [2.75, 3.05) is 5.01 Å². The summed E-state index contributed by atoms with van der Waals surface area (Å²) in [6.07, 6.45) is 2.24. The van der Waals surface area contributed by atoms with Crippen molar-refractivity contribution in [1.82, 2.24) is 5.43 Å². The van der Waals surface area contributed by atoms with Gasteiger partial charge < -0.3 is 14.3 Å². The maximum Gasteiger partial charge on any atom is 0.282 e. The van der Waals surface area contributed by atoms with Gasteiger partial charge in [-0.2, -0.15) is 0 Å². The lowest BCUT2D eigenvalue weighted by atomic mass is 10.1. The molecule has 3 aromatic rings. The minimum absolute atomic E-state index is 0.0267. The summed E-state index contributed by atoms with van der Waals surface area (Å²) in [7, 11) is 0. The van der Waals surface area contributed by atoms with E-state index in [9.17, 15) is 19.5 Å². The normalized spacial score (nSPS) is 15.0. The zero-order chi connectivity index (χ0) is 21.3. The quantitative estimate of drug-likeness (QED) is 0.522. The van der Waals surface area contributed by atoms with Crippen LogP contribution in [0.5, 0.6) is 0 Å². The van der Waals surface area contributed by atoms with Gasteiger partial charge in [0.05, 0.1) is 11.7 Å². The third-order valence-electron chi connectivity index (χ3n) is 4.79. The fourth-order valence-electron chi connectivity index (χ4n) is 3.15. The first-order chi connectivity index (χ1) is 14.5. The molecule has 4 rings (SSSR count). The molecule has 1 aliphatic rings. The van der Waals surface area contributed by atoms with E-state index < -0.39 is 17.8 Å². The summed E-state index contributed by atoms with van der Waals surface area (Å²) in [4.78, 5) is 36.1. The van der Waals surface area contributed by atoms with Crippen molar-refractivity contribution in [3.8, 4) is 11.3 Å². The van der Waals surface area contributed by atoms with Gasteiger partial charge in [-0.15, -0.1) is 0 Å². The fraction of sp³-hybridized carbons (Fsp3) is 0.0870. The average molecular weight is 401 g/mol. The molecular formula is C23H17N2O5-. The number of amides is 2. The van der Waals surface area contributed by atoms with Crippen LogP contribution >= 0.6 is 0 Å². The molecule has 0 radical (unpaired) electrons. The number of carboxylic acid groups (broad SMARTS) is 1. The van der Waals surface area contributed by atoms with Crippen LogP contribution in [0.1, 0.15) is 28.6 Å². The Morgan fingerprint density at radius 2 is 1.87 bits per heavy atom. The number of aryl methyl sites for hydroxylation is 1. The molecule has 1 N–H and O–H groups in total. The first-order valence-corrected chi connectivity index (χ1v) is 9.34. The van der Waals surface area contributed by atoms with Gasteiger partial charge in [0.15, 0.2) is 0 Å². The number of nitrogens with one attached hydrogen (secondary N) is 1. The van der Waals surface area contributed by atoms with Crippen LogP contribution in [0.25, 0.3) is 17.4 Å². The number of benzene rings is 2. The molecule has 7 heteroatoms. The van der Waals surface area contributed by atoms with Crippen molar-refractivity contribution in [1.29, 1.82) is 0 Å². The number of carboxylic acids is 1. The van der Waals surface area contributed by atoms with Crippen LogP contribution in [0.4, 0.5) is 5.69 Å². The Hall–Kier alpha value is -4.13. The van der Waals surface area contributed by atoms with E-state index in [1.54, 1.807) is 36.4 Å². The Labute approximate surface area is 172 Å². The Balaban J connectivity index is 1.59. The predicted molar refractivity (Wildman–Crippen MR) is 108 cm³/mol. The van der Waals surface area contributed by atoms with Crippen LogP contribution in [0.15, 0.2) is 70.7 Å². The van der Waals surface area contributed by atoms with E-state index in [0.29, 0.717) is 22.8 Å². The number of hydrazine groups is 1. The van der Waals surface area contributed by atoms with Gasteiger partial charge in [-0.3, -0.25) is 15.0 Å². The Morgan fingerprint density at radius 1 is 1.10 bits per heavy atom. The highest BCUT2D eigenvalue weighted by Crippen LogP contribution is 2.26. The molecule has 7 nitrogen and oxygen atoms in total. The molecule has 0 saturated carbocycles. The molecule has 2 amide bonds. The third-order valence-corrected chi connectivity index (χ3v) is 4.79. The number of hydrogen-bond donors (Lipinski definition) is 1. The second-order valence-electron chi connectivity index (χ2n) is 6.73. The molecule has 0 aliphatic carbocycles. The number of carbonyl (C=O) groups is 3. The van der Waals surface area contributed by atoms with E-state index in [-0.39, 0.29) is 11.1 Å². The molecule has 1 aromatic heterocycles. The lowest BCUT2D eigenvalue weighted by molar-refractivity contribution is -0.255. The van der Waals surface area contributed by atoms with Crippen molar-refractivity contribution >= 4 is 29.5 Å². The van der Waals surface area contributed by atoms with Gasteiger partial charge in [0.1, 0.15) is 17.1 Å². The smallest absolute Gasteiger partial charge is 0.282 e. The van der Waals surface area contributed by atoms with Gasteiger partial charge in [0, 0.05) is 5.56 Å². The standard InChI is InChI=1S/C23H18N2O5/c1-2-14-6-8-17(9-7-14)25-22(27)19(21(26)24-25)13-18-10-11-20(30-18)15-4-3-5-16(12-15)23(28)29/h3-13H,2H2,1H3,(H,24,26)(H,28,29)/p-1/b19-13-. The molecule has 0 spiro atoms. The molecule has 1 fully saturated rings. The summed E-state index contributed by atoms with van der Waals surface area (Å²) < 4.78 is 5.69. The largest absolute Gasteiger partial charge is 0.545 e. The highest BCUT2D eigenvalue weighted by molar-refractivity contribution is 6.31. The van der Waals surface area contributed by atoms with Crippen molar-refractivity contribution < 1.29 is 23.9 Å². The Kier molecular flexibility index (Phi) is 4.93. The lowest BCUT2D eigenvalue weighted by Gasteiger charge is -2.14. The van der Waals surface area contributed by atoms with Crippen molar-refractivity contribution in [3.63, 3.8) is 0 Å².